The van der Waals surface area contributed by atoms with Crippen molar-refractivity contribution < 1.29 is 19.0 Å². The average Bonchev–Trinajstić information content (AvgIpc) is 3.16. The van der Waals surface area contributed by atoms with E-state index in [4.69, 9.17) is 25.8 Å². The van der Waals surface area contributed by atoms with E-state index in [1.807, 2.05) is 29.6 Å². The number of aromatic nitrogens is 1. The summed E-state index contributed by atoms with van der Waals surface area (Å²) < 4.78 is 16.4. The van der Waals surface area contributed by atoms with Crippen molar-refractivity contribution in [3.8, 4) is 28.5 Å². The third kappa shape index (κ3) is 3.90. The van der Waals surface area contributed by atoms with Crippen LogP contribution in [-0.2, 0) is 11.2 Å². The molecule has 0 atom stereocenters. The Morgan fingerprint density at radius 1 is 1.29 bits per heavy atom. The number of methoxy groups -OCH3 is 1. The summed E-state index contributed by atoms with van der Waals surface area (Å²) in [5, 5.41) is 5.67. The number of nitrogens with one attached hydrogen (secondary N) is 1. The molecule has 0 spiro atoms. The molecule has 1 aromatic heterocycles. The lowest BCUT2D eigenvalue weighted by Crippen LogP contribution is -2.17. The maximum absolute atomic E-state index is 12.4. The van der Waals surface area contributed by atoms with Gasteiger partial charge < -0.3 is 19.5 Å². The van der Waals surface area contributed by atoms with Gasteiger partial charge in [-0.25, -0.2) is 4.98 Å². The van der Waals surface area contributed by atoms with Crippen molar-refractivity contribution in [1.29, 1.82) is 0 Å². The Morgan fingerprint density at radius 2 is 2.11 bits per heavy atom. The number of nitrogens with zero attached hydrogens (tertiary/aromatic N) is 1. The maximum atomic E-state index is 12.4. The van der Waals surface area contributed by atoms with Crippen molar-refractivity contribution in [3.05, 3.63) is 52.4 Å². The van der Waals surface area contributed by atoms with Crippen molar-refractivity contribution >= 4 is 34.0 Å². The van der Waals surface area contributed by atoms with Gasteiger partial charge in [0.2, 0.25) is 5.91 Å². The van der Waals surface area contributed by atoms with Crippen LogP contribution in [-0.4, -0.2) is 31.2 Å². The number of para-hydroxylation sites is 1. The number of fused-ring (bicyclic) bond motifs is 1. The highest BCUT2D eigenvalue weighted by molar-refractivity contribution is 7.14. The van der Waals surface area contributed by atoms with E-state index in [9.17, 15) is 4.79 Å². The van der Waals surface area contributed by atoms with Gasteiger partial charge in [-0.2, -0.15) is 0 Å². The predicted octanol–water partition coefficient (Wildman–Crippen LogP) is 4.42. The molecule has 2 heterocycles. The van der Waals surface area contributed by atoms with Crippen LogP contribution in [0, 0.1) is 0 Å². The highest BCUT2D eigenvalue weighted by atomic mass is 35.5. The fourth-order valence-corrected chi connectivity index (χ4v) is 3.94. The van der Waals surface area contributed by atoms with Crippen LogP contribution < -0.4 is 19.5 Å². The number of anilines is 1. The van der Waals surface area contributed by atoms with E-state index in [-0.39, 0.29) is 12.3 Å². The summed E-state index contributed by atoms with van der Waals surface area (Å²) in [6.07, 6.45) is 0.153. The van der Waals surface area contributed by atoms with Crippen LogP contribution in [0.3, 0.4) is 0 Å². The molecule has 2 aromatic carbocycles. The summed E-state index contributed by atoms with van der Waals surface area (Å²) in [6.45, 7) is 0.926. The van der Waals surface area contributed by atoms with Crippen molar-refractivity contribution in [2.24, 2.45) is 0 Å². The molecular weight excluding hydrogens is 400 g/mol. The third-order valence-corrected chi connectivity index (χ3v) is 5.19. The number of thiazole rings is 1. The summed E-state index contributed by atoms with van der Waals surface area (Å²) in [4.78, 5) is 16.9. The molecular formula is C20H17ClN2O4S. The normalized spacial score (nSPS) is 12.5. The smallest absolute Gasteiger partial charge is 0.230 e. The minimum atomic E-state index is -0.186. The second-order valence-corrected chi connectivity index (χ2v) is 7.33. The summed E-state index contributed by atoms with van der Waals surface area (Å²) in [5.41, 5.74) is 2.37. The number of carbonyl (C=O) groups excluding carboxylic acids is 1. The first-order chi connectivity index (χ1) is 13.6. The van der Waals surface area contributed by atoms with Gasteiger partial charge in [0.1, 0.15) is 19.0 Å². The molecule has 8 heteroatoms. The Morgan fingerprint density at radius 3 is 2.96 bits per heavy atom. The standard InChI is InChI=1S/C20H17ClN2O4S/c1-25-16-5-3-2-4-13(16)15-11-28-20(22-15)23-18(24)10-12-8-14(21)19-17(9-12)26-6-7-27-19/h2-5,8-9,11H,6-7,10H2,1H3,(H,22,23,24). The number of benzene rings is 2. The Labute approximate surface area is 171 Å². The average molecular weight is 417 g/mol. The molecule has 144 valence electrons. The quantitative estimate of drug-likeness (QED) is 0.666. The van der Waals surface area contributed by atoms with Gasteiger partial charge in [-0.3, -0.25) is 4.79 Å². The lowest BCUT2D eigenvalue weighted by atomic mass is 10.1. The van der Waals surface area contributed by atoms with Crippen LogP contribution in [0.2, 0.25) is 5.02 Å². The number of halogens is 1. The monoisotopic (exact) mass is 416 g/mol. The Hall–Kier alpha value is -2.77. The molecule has 4 rings (SSSR count). The van der Waals surface area contributed by atoms with Gasteiger partial charge in [-0.05, 0) is 29.8 Å². The number of ether oxygens (including phenoxy) is 3. The second-order valence-electron chi connectivity index (χ2n) is 6.06. The molecule has 0 unspecified atom stereocenters. The first-order valence-electron chi connectivity index (χ1n) is 8.61. The SMILES string of the molecule is COc1ccccc1-c1csc(NC(=O)Cc2cc(Cl)c3c(c2)OCCO3)n1. The van der Waals surface area contributed by atoms with Crippen LogP contribution in [0.25, 0.3) is 11.3 Å². The number of amides is 1. The molecule has 0 saturated carbocycles. The molecule has 0 radical (unpaired) electrons. The van der Waals surface area contributed by atoms with Gasteiger partial charge in [0.15, 0.2) is 16.6 Å². The minimum absolute atomic E-state index is 0.153. The number of hydrogen-bond acceptors (Lipinski definition) is 6. The van der Waals surface area contributed by atoms with Gasteiger partial charge >= 0.3 is 0 Å². The van der Waals surface area contributed by atoms with Crippen molar-refractivity contribution in [1.82, 2.24) is 4.98 Å². The van der Waals surface area contributed by atoms with Gasteiger partial charge in [-0.1, -0.05) is 23.7 Å². The Balaban J connectivity index is 1.46. The fraction of sp³-hybridized carbons (Fsp3) is 0.200. The summed E-state index contributed by atoms with van der Waals surface area (Å²) in [5.74, 6) is 1.64. The zero-order chi connectivity index (χ0) is 19.5. The zero-order valence-electron chi connectivity index (χ0n) is 15.0. The molecule has 1 aliphatic rings. The van der Waals surface area contributed by atoms with Crippen LogP contribution in [0.1, 0.15) is 5.56 Å². The summed E-state index contributed by atoms with van der Waals surface area (Å²) >= 11 is 7.59. The van der Waals surface area contributed by atoms with Crippen LogP contribution >= 0.6 is 22.9 Å². The Bertz CT molecular complexity index is 1020. The highest BCUT2D eigenvalue weighted by Gasteiger charge is 2.18. The molecule has 6 nitrogen and oxygen atoms in total. The van der Waals surface area contributed by atoms with Gasteiger partial charge in [0.05, 0.1) is 24.2 Å². The molecule has 0 fully saturated rings. The summed E-state index contributed by atoms with van der Waals surface area (Å²) in [7, 11) is 1.62. The van der Waals surface area contributed by atoms with Crippen molar-refractivity contribution in [3.63, 3.8) is 0 Å². The molecule has 28 heavy (non-hydrogen) atoms. The highest BCUT2D eigenvalue weighted by Crippen LogP contribution is 2.38. The minimum Gasteiger partial charge on any atom is -0.496 e. The third-order valence-electron chi connectivity index (χ3n) is 4.15. The molecule has 0 saturated heterocycles. The van der Waals surface area contributed by atoms with Gasteiger partial charge in [0, 0.05) is 10.9 Å². The van der Waals surface area contributed by atoms with Gasteiger partial charge in [0.25, 0.3) is 0 Å². The molecule has 1 aliphatic heterocycles. The van der Waals surface area contributed by atoms with E-state index in [1.165, 1.54) is 11.3 Å². The van der Waals surface area contributed by atoms with E-state index < -0.39 is 0 Å². The molecule has 0 bridgehead atoms. The maximum Gasteiger partial charge on any atom is 0.230 e. The first kappa shape index (κ1) is 18.6. The fourth-order valence-electron chi connectivity index (χ4n) is 2.93. The first-order valence-corrected chi connectivity index (χ1v) is 9.86. The number of rotatable bonds is 5. The zero-order valence-corrected chi connectivity index (χ0v) is 16.6. The topological polar surface area (TPSA) is 69.7 Å². The molecule has 1 N–H and O–H groups in total. The molecule has 3 aromatic rings. The van der Waals surface area contributed by atoms with E-state index >= 15 is 0 Å². The number of hydrogen-bond donors (Lipinski definition) is 1. The summed E-state index contributed by atoms with van der Waals surface area (Å²) in [6, 6.07) is 11.1. The van der Waals surface area contributed by atoms with Crippen LogP contribution in [0.4, 0.5) is 5.13 Å². The van der Waals surface area contributed by atoms with E-state index in [2.05, 4.69) is 10.3 Å². The lowest BCUT2D eigenvalue weighted by molar-refractivity contribution is -0.115. The van der Waals surface area contributed by atoms with E-state index in [0.717, 1.165) is 22.6 Å². The molecule has 0 aliphatic carbocycles. The van der Waals surface area contributed by atoms with E-state index in [1.54, 1.807) is 19.2 Å². The Kier molecular flexibility index (Phi) is 5.36. The van der Waals surface area contributed by atoms with Crippen molar-refractivity contribution in [2.75, 3.05) is 25.6 Å². The van der Waals surface area contributed by atoms with E-state index in [0.29, 0.717) is 34.9 Å². The van der Waals surface area contributed by atoms with Crippen molar-refractivity contribution in [2.45, 2.75) is 6.42 Å². The van der Waals surface area contributed by atoms with Crippen LogP contribution in [0.15, 0.2) is 41.8 Å². The van der Waals surface area contributed by atoms with Gasteiger partial charge in [-0.15, -0.1) is 11.3 Å². The molecule has 1 amide bonds. The number of carbonyl (C=O) groups is 1. The largest absolute Gasteiger partial charge is 0.496 e. The predicted molar refractivity (Wildman–Crippen MR) is 109 cm³/mol. The lowest BCUT2D eigenvalue weighted by Gasteiger charge is -2.20. The van der Waals surface area contributed by atoms with Crippen LogP contribution in [0.5, 0.6) is 17.2 Å². The second kappa shape index (κ2) is 8.08.